The highest BCUT2D eigenvalue weighted by Crippen LogP contribution is 2.24. The highest BCUT2D eigenvalue weighted by Gasteiger charge is 2.16. The summed E-state index contributed by atoms with van der Waals surface area (Å²) in [6.07, 6.45) is 0. The van der Waals surface area contributed by atoms with E-state index in [4.69, 9.17) is 5.26 Å². The summed E-state index contributed by atoms with van der Waals surface area (Å²) >= 11 is 3.20. The molecule has 4 rings (SSSR count). The van der Waals surface area contributed by atoms with Crippen LogP contribution in [0.25, 0.3) is 11.4 Å². The van der Waals surface area contributed by atoms with Crippen LogP contribution in [0.1, 0.15) is 5.56 Å². The largest absolute Gasteiger partial charge is 0.368 e. The van der Waals surface area contributed by atoms with E-state index in [1.807, 2.05) is 6.07 Å². The molecule has 2 aromatic heterocycles. The molecule has 2 heterocycles. The lowest BCUT2D eigenvalue weighted by Crippen LogP contribution is -2.22. The first-order valence-electron chi connectivity index (χ1n) is 9.16. The number of tetrazole rings is 2. The third-order valence-corrected chi connectivity index (χ3v) is 5.02. The summed E-state index contributed by atoms with van der Waals surface area (Å²) in [6, 6.07) is 9.44. The van der Waals surface area contributed by atoms with E-state index in [1.165, 1.54) is 44.4 Å². The second-order valence-electron chi connectivity index (χ2n) is 6.56. The van der Waals surface area contributed by atoms with E-state index in [0.717, 1.165) is 24.8 Å². The molecule has 0 N–H and O–H groups in total. The fourth-order valence-corrected chi connectivity index (χ4v) is 3.02. The Hall–Kier alpha value is -5.05. The number of nitriles is 1. The molecule has 35 heavy (non-hydrogen) atoms. The quantitative estimate of drug-likeness (QED) is 0.252. The van der Waals surface area contributed by atoms with Crippen molar-refractivity contribution in [1.82, 2.24) is 39.6 Å². The van der Waals surface area contributed by atoms with Crippen LogP contribution in [0, 0.1) is 31.6 Å². The Morgan fingerprint density at radius 2 is 1.29 bits per heavy atom. The van der Waals surface area contributed by atoms with E-state index < -0.39 is 21.2 Å². The van der Waals surface area contributed by atoms with Gasteiger partial charge in [-0.3, -0.25) is 20.2 Å². The van der Waals surface area contributed by atoms with Gasteiger partial charge in [-0.2, -0.15) is 24.0 Å². The van der Waals surface area contributed by atoms with Crippen LogP contribution >= 0.6 is 15.9 Å². The van der Waals surface area contributed by atoms with Crippen molar-refractivity contribution < 1.29 is 9.85 Å². The highest BCUT2D eigenvalue weighted by molar-refractivity contribution is 9.10. The number of aryl methyl sites for hydroxylation is 2. The molecule has 178 valence electrons. The van der Waals surface area contributed by atoms with Crippen LogP contribution in [0.2, 0.25) is 0 Å². The second kappa shape index (κ2) is 9.84. The molecule has 0 aliphatic rings. The molecular formula is C17H12BrN11O6. The molecule has 4 aromatic rings. The van der Waals surface area contributed by atoms with Crippen molar-refractivity contribution in [2.45, 2.75) is 0 Å². The molecule has 18 heteroatoms. The first-order valence-corrected chi connectivity index (χ1v) is 9.95. The van der Waals surface area contributed by atoms with Gasteiger partial charge < -0.3 is 0 Å². The van der Waals surface area contributed by atoms with Crippen molar-refractivity contribution in [3.8, 4) is 17.4 Å². The first kappa shape index (κ1) is 24.6. The van der Waals surface area contributed by atoms with E-state index >= 15 is 0 Å². The molecule has 0 saturated heterocycles. The minimum atomic E-state index is -0.619. The zero-order valence-corrected chi connectivity index (χ0v) is 19.3. The van der Waals surface area contributed by atoms with Crippen LogP contribution in [0.4, 0.5) is 11.4 Å². The molecule has 0 unspecified atom stereocenters. The second-order valence-corrected chi connectivity index (χ2v) is 7.41. The lowest BCUT2D eigenvalue weighted by atomic mass is 10.2. The average Bonchev–Trinajstić information content (AvgIpc) is 3.34. The molecule has 0 fully saturated rings. The molecule has 0 saturated carbocycles. The smallest absolute Gasteiger partial charge is 0.258 e. The van der Waals surface area contributed by atoms with Gasteiger partial charge in [0.1, 0.15) is 6.07 Å². The Morgan fingerprint density at radius 1 is 0.829 bits per heavy atom. The van der Waals surface area contributed by atoms with Crippen molar-refractivity contribution in [3.05, 3.63) is 87.6 Å². The van der Waals surface area contributed by atoms with Crippen LogP contribution in [0.3, 0.4) is 0 Å². The Kier molecular flexibility index (Phi) is 6.91. The number of hydrogen-bond acceptors (Lipinski definition) is 11. The van der Waals surface area contributed by atoms with Gasteiger partial charge in [-0.15, -0.1) is 0 Å². The summed E-state index contributed by atoms with van der Waals surface area (Å²) < 4.78 is 4.33. The summed E-state index contributed by atoms with van der Waals surface area (Å²) in [5.41, 5.74) is -1.02. The Bertz CT molecular complexity index is 1610. The van der Waals surface area contributed by atoms with E-state index in [-0.39, 0.29) is 28.3 Å². The Labute approximate surface area is 201 Å². The lowest BCUT2D eigenvalue weighted by Gasteiger charge is -2.01. The molecule has 0 radical (unpaired) electrons. The zero-order valence-electron chi connectivity index (χ0n) is 17.7. The summed E-state index contributed by atoms with van der Waals surface area (Å²) in [6.45, 7) is 0. The third kappa shape index (κ3) is 4.98. The van der Waals surface area contributed by atoms with Gasteiger partial charge in [-0.05, 0) is 48.9 Å². The number of halogens is 1. The summed E-state index contributed by atoms with van der Waals surface area (Å²) in [5, 5.41) is 44.4. The van der Waals surface area contributed by atoms with Crippen LogP contribution in [0.15, 0.2) is 50.5 Å². The fraction of sp³-hybridized carbons (Fsp3) is 0.118. The number of nitro groups is 2. The highest BCUT2D eigenvalue weighted by atomic mass is 79.9. The van der Waals surface area contributed by atoms with Crippen LogP contribution in [-0.2, 0) is 14.1 Å². The predicted octanol–water partition coefficient (Wildman–Crippen LogP) is 0.383. The summed E-state index contributed by atoms with van der Waals surface area (Å²) in [4.78, 5) is 43.4. The number of nitro benzene ring substituents is 2. The van der Waals surface area contributed by atoms with Gasteiger partial charge in [0.25, 0.3) is 11.4 Å². The predicted molar refractivity (Wildman–Crippen MR) is 119 cm³/mol. The van der Waals surface area contributed by atoms with Gasteiger partial charge in [0.05, 0.1) is 26.8 Å². The fourth-order valence-electron chi connectivity index (χ4n) is 2.61. The average molecular weight is 546 g/mol. The molecule has 0 aliphatic heterocycles. The number of nitrogens with zero attached hydrogens (tertiary/aromatic N) is 11. The van der Waals surface area contributed by atoms with E-state index in [1.54, 1.807) is 0 Å². The maximum atomic E-state index is 11.6. The molecular weight excluding hydrogens is 534 g/mol. The van der Waals surface area contributed by atoms with Crippen molar-refractivity contribution in [3.63, 3.8) is 0 Å². The SMILES string of the molecule is Cn1nnn(-c2cc([N+](=O)[O-])ccc2Br)c1=O.Cn1nnn(-c2cc([N+](=O)[O-])ccc2C#N)c1=O. The molecule has 0 atom stereocenters. The number of benzene rings is 2. The first-order chi connectivity index (χ1) is 16.5. The van der Waals surface area contributed by atoms with Crippen molar-refractivity contribution in [2.75, 3.05) is 0 Å². The molecule has 0 aliphatic carbocycles. The number of non-ortho nitro benzene ring substituents is 2. The molecule has 17 nitrogen and oxygen atoms in total. The topological polar surface area (TPSA) is 215 Å². The van der Waals surface area contributed by atoms with E-state index in [2.05, 4.69) is 36.8 Å². The standard InChI is InChI=1S/C9H6N6O3.C8H6BrN5O3/c1-13-9(16)14(12-11-13)8-4-7(15(17)18)3-2-6(8)5-10;1-12-8(15)13(11-10-12)7-4-5(14(16)17)2-3-6(7)9/h2-4H,1H3;2-4H,1H3. The third-order valence-electron chi connectivity index (χ3n) is 4.35. The number of hydrogen-bond donors (Lipinski definition) is 0. The summed E-state index contributed by atoms with van der Waals surface area (Å²) in [7, 11) is 2.83. The van der Waals surface area contributed by atoms with Crippen LogP contribution < -0.4 is 11.4 Å². The lowest BCUT2D eigenvalue weighted by molar-refractivity contribution is -0.385. The van der Waals surface area contributed by atoms with Gasteiger partial charge in [0.2, 0.25) is 0 Å². The van der Waals surface area contributed by atoms with Crippen molar-refractivity contribution in [1.29, 1.82) is 5.26 Å². The maximum absolute atomic E-state index is 11.6. The van der Waals surface area contributed by atoms with Gasteiger partial charge >= 0.3 is 11.4 Å². The molecule has 2 aromatic carbocycles. The molecule has 0 spiro atoms. The molecule has 0 amide bonds. The number of aromatic nitrogens is 8. The maximum Gasteiger partial charge on any atom is 0.368 e. The number of rotatable bonds is 4. The van der Waals surface area contributed by atoms with Crippen LogP contribution in [-0.4, -0.2) is 49.4 Å². The van der Waals surface area contributed by atoms with Crippen LogP contribution in [0.5, 0.6) is 0 Å². The van der Waals surface area contributed by atoms with Gasteiger partial charge in [-0.1, -0.05) is 0 Å². The van der Waals surface area contributed by atoms with E-state index in [0.29, 0.717) is 4.47 Å². The van der Waals surface area contributed by atoms with Crippen molar-refractivity contribution in [2.24, 2.45) is 14.1 Å². The van der Waals surface area contributed by atoms with E-state index in [9.17, 15) is 29.8 Å². The summed E-state index contributed by atoms with van der Waals surface area (Å²) in [5.74, 6) is 0. The van der Waals surface area contributed by atoms with Crippen molar-refractivity contribution >= 4 is 27.3 Å². The Balaban J connectivity index is 0.000000196. The van der Waals surface area contributed by atoms with Gasteiger partial charge in [-0.25, -0.2) is 9.59 Å². The van der Waals surface area contributed by atoms with Gasteiger partial charge in [0.15, 0.2) is 0 Å². The minimum absolute atomic E-state index is 0.0322. The monoisotopic (exact) mass is 545 g/mol. The zero-order chi connectivity index (χ0) is 25.9. The normalized spacial score (nSPS) is 10.2. The minimum Gasteiger partial charge on any atom is -0.258 e. The molecule has 0 bridgehead atoms. The Morgan fingerprint density at radius 3 is 1.71 bits per heavy atom. The van der Waals surface area contributed by atoms with Gasteiger partial charge in [0, 0.05) is 42.8 Å².